The van der Waals surface area contributed by atoms with Crippen molar-refractivity contribution in [3.8, 4) is 0 Å². The fourth-order valence-corrected chi connectivity index (χ4v) is 2.24. The summed E-state index contributed by atoms with van der Waals surface area (Å²) in [5.74, 6) is 0. The van der Waals surface area contributed by atoms with E-state index in [1.807, 2.05) is 0 Å². The topological polar surface area (TPSA) is 28.2 Å². The third-order valence-electron chi connectivity index (χ3n) is 2.33. The predicted octanol–water partition coefficient (Wildman–Crippen LogP) is 1.88. The molecule has 0 atom stereocenters. The molecule has 0 radical (unpaired) electrons. The SMILES string of the molecule is CCNCCN(CC)Cc1nc(C)cs1. The number of hydrogen-bond donors (Lipinski definition) is 1. The molecule has 0 saturated carbocycles. The first-order valence-corrected chi connectivity index (χ1v) is 6.48. The van der Waals surface area contributed by atoms with Gasteiger partial charge in [-0.25, -0.2) is 4.98 Å². The predicted molar refractivity (Wildman–Crippen MR) is 66.3 cm³/mol. The zero-order chi connectivity index (χ0) is 11.1. The molecule has 0 bridgehead atoms. The summed E-state index contributed by atoms with van der Waals surface area (Å²) < 4.78 is 0. The number of hydrogen-bond acceptors (Lipinski definition) is 4. The summed E-state index contributed by atoms with van der Waals surface area (Å²) in [5, 5.41) is 6.69. The molecule has 4 heteroatoms. The Hall–Kier alpha value is -0.450. The Labute approximate surface area is 96.5 Å². The van der Waals surface area contributed by atoms with E-state index in [0.717, 1.165) is 38.4 Å². The molecule has 0 saturated heterocycles. The van der Waals surface area contributed by atoms with E-state index in [0.29, 0.717) is 0 Å². The second-order valence-electron chi connectivity index (χ2n) is 3.60. The van der Waals surface area contributed by atoms with Crippen molar-refractivity contribution in [2.45, 2.75) is 27.3 Å². The Morgan fingerprint density at radius 2 is 2.27 bits per heavy atom. The van der Waals surface area contributed by atoms with Gasteiger partial charge in [-0.2, -0.15) is 0 Å². The lowest BCUT2D eigenvalue weighted by molar-refractivity contribution is 0.279. The molecule has 0 fully saturated rings. The van der Waals surface area contributed by atoms with Crippen LogP contribution >= 0.6 is 11.3 Å². The van der Waals surface area contributed by atoms with Crippen LogP contribution in [0.2, 0.25) is 0 Å². The maximum atomic E-state index is 4.48. The summed E-state index contributed by atoms with van der Waals surface area (Å²) in [4.78, 5) is 6.90. The van der Waals surface area contributed by atoms with Crippen molar-refractivity contribution in [1.82, 2.24) is 15.2 Å². The van der Waals surface area contributed by atoms with E-state index in [-0.39, 0.29) is 0 Å². The molecule has 3 nitrogen and oxygen atoms in total. The van der Waals surface area contributed by atoms with Gasteiger partial charge in [-0.05, 0) is 20.0 Å². The first-order valence-electron chi connectivity index (χ1n) is 5.60. The molecule has 1 aromatic rings. The molecule has 0 amide bonds. The second kappa shape index (κ2) is 6.93. The zero-order valence-electron chi connectivity index (χ0n) is 9.92. The van der Waals surface area contributed by atoms with Gasteiger partial charge in [-0.1, -0.05) is 13.8 Å². The molecule has 1 aromatic heterocycles. The highest BCUT2D eigenvalue weighted by Crippen LogP contribution is 2.10. The van der Waals surface area contributed by atoms with Gasteiger partial charge in [0, 0.05) is 24.2 Å². The van der Waals surface area contributed by atoms with Crippen LogP contribution in [0.4, 0.5) is 0 Å². The molecule has 0 aliphatic rings. The van der Waals surface area contributed by atoms with Crippen LogP contribution < -0.4 is 5.32 Å². The Kier molecular flexibility index (Phi) is 5.83. The maximum Gasteiger partial charge on any atom is 0.107 e. The Morgan fingerprint density at radius 1 is 1.47 bits per heavy atom. The van der Waals surface area contributed by atoms with Crippen molar-refractivity contribution < 1.29 is 0 Å². The van der Waals surface area contributed by atoms with Crippen molar-refractivity contribution in [2.24, 2.45) is 0 Å². The van der Waals surface area contributed by atoms with Gasteiger partial charge >= 0.3 is 0 Å². The molecule has 1 rings (SSSR count). The molecule has 0 aliphatic heterocycles. The number of aryl methyl sites for hydroxylation is 1. The van der Waals surface area contributed by atoms with Crippen molar-refractivity contribution >= 4 is 11.3 Å². The van der Waals surface area contributed by atoms with Crippen LogP contribution in [0, 0.1) is 6.92 Å². The summed E-state index contributed by atoms with van der Waals surface area (Å²) in [5.41, 5.74) is 1.14. The highest BCUT2D eigenvalue weighted by Gasteiger charge is 2.05. The number of nitrogens with one attached hydrogen (secondary N) is 1. The van der Waals surface area contributed by atoms with Crippen LogP contribution in [0.3, 0.4) is 0 Å². The minimum absolute atomic E-state index is 0.987. The van der Waals surface area contributed by atoms with Crippen LogP contribution in [0.5, 0.6) is 0 Å². The van der Waals surface area contributed by atoms with E-state index in [9.17, 15) is 0 Å². The Balaban J connectivity index is 2.33. The van der Waals surface area contributed by atoms with Gasteiger partial charge in [0.25, 0.3) is 0 Å². The standard InChI is InChI=1S/C11H21N3S/c1-4-12-6-7-14(5-2)8-11-13-10(3)9-15-11/h9,12H,4-8H2,1-3H3. The molecule has 86 valence electrons. The smallest absolute Gasteiger partial charge is 0.107 e. The number of aromatic nitrogens is 1. The Bertz CT molecular complexity index is 273. The Morgan fingerprint density at radius 3 is 2.80 bits per heavy atom. The molecule has 0 aliphatic carbocycles. The lowest BCUT2D eigenvalue weighted by Crippen LogP contribution is -2.31. The van der Waals surface area contributed by atoms with Crippen LogP contribution in [-0.2, 0) is 6.54 Å². The van der Waals surface area contributed by atoms with Gasteiger partial charge in [0.1, 0.15) is 5.01 Å². The first-order chi connectivity index (χ1) is 7.26. The fraction of sp³-hybridized carbons (Fsp3) is 0.727. The zero-order valence-corrected chi connectivity index (χ0v) is 10.7. The third-order valence-corrected chi connectivity index (χ3v) is 3.28. The van der Waals surface area contributed by atoms with Crippen molar-refractivity contribution in [2.75, 3.05) is 26.2 Å². The summed E-state index contributed by atoms with van der Waals surface area (Å²) in [6.07, 6.45) is 0. The quantitative estimate of drug-likeness (QED) is 0.721. The summed E-state index contributed by atoms with van der Waals surface area (Å²) in [6, 6.07) is 0. The summed E-state index contributed by atoms with van der Waals surface area (Å²) in [6.45, 7) is 11.7. The van der Waals surface area contributed by atoms with Gasteiger partial charge < -0.3 is 5.32 Å². The molecule has 15 heavy (non-hydrogen) atoms. The van der Waals surface area contributed by atoms with Crippen molar-refractivity contribution in [1.29, 1.82) is 0 Å². The molecular weight excluding hydrogens is 206 g/mol. The summed E-state index contributed by atoms with van der Waals surface area (Å²) >= 11 is 1.76. The fourth-order valence-electron chi connectivity index (χ4n) is 1.43. The highest BCUT2D eigenvalue weighted by atomic mass is 32.1. The number of likely N-dealkylation sites (N-methyl/N-ethyl adjacent to an activating group) is 2. The lowest BCUT2D eigenvalue weighted by Gasteiger charge is -2.18. The van der Waals surface area contributed by atoms with Gasteiger partial charge in [0.05, 0.1) is 6.54 Å². The third kappa shape index (κ3) is 4.73. The maximum absolute atomic E-state index is 4.48. The highest BCUT2D eigenvalue weighted by molar-refractivity contribution is 7.09. The van der Waals surface area contributed by atoms with E-state index >= 15 is 0 Å². The monoisotopic (exact) mass is 227 g/mol. The molecule has 1 N–H and O–H groups in total. The van der Waals surface area contributed by atoms with Crippen LogP contribution in [0.1, 0.15) is 24.5 Å². The molecule has 0 unspecified atom stereocenters. The van der Waals surface area contributed by atoms with Crippen LogP contribution in [0.15, 0.2) is 5.38 Å². The molecular formula is C11H21N3S. The van der Waals surface area contributed by atoms with Gasteiger partial charge in [-0.15, -0.1) is 11.3 Å². The van der Waals surface area contributed by atoms with Crippen LogP contribution in [0.25, 0.3) is 0 Å². The first kappa shape index (κ1) is 12.6. The lowest BCUT2D eigenvalue weighted by atomic mass is 10.4. The second-order valence-corrected chi connectivity index (χ2v) is 4.55. The van der Waals surface area contributed by atoms with E-state index in [2.05, 4.69) is 41.4 Å². The minimum atomic E-state index is 0.987. The molecule has 1 heterocycles. The normalized spacial score (nSPS) is 11.2. The number of thiazole rings is 1. The average molecular weight is 227 g/mol. The molecule has 0 spiro atoms. The van der Waals surface area contributed by atoms with Crippen molar-refractivity contribution in [3.63, 3.8) is 0 Å². The minimum Gasteiger partial charge on any atom is -0.316 e. The van der Waals surface area contributed by atoms with E-state index in [1.165, 1.54) is 5.01 Å². The average Bonchev–Trinajstić information content (AvgIpc) is 2.63. The van der Waals surface area contributed by atoms with E-state index < -0.39 is 0 Å². The summed E-state index contributed by atoms with van der Waals surface area (Å²) in [7, 11) is 0. The van der Waals surface area contributed by atoms with Gasteiger partial charge in [-0.3, -0.25) is 4.90 Å². The van der Waals surface area contributed by atoms with Crippen LogP contribution in [-0.4, -0.2) is 36.1 Å². The number of rotatable bonds is 7. The van der Waals surface area contributed by atoms with E-state index in [1.54, 1.807) is 11.3 Å². The van der Waals surface area contributed by atoms with E-state index in [4.69, 9.17) is 0 Å². The van der Waals surface area contributed by atoms with Crippen molar-refractivity contribution in [3.05, 3.63) is 16.1 Å². The largest absolute Gasteiger partial charge is 0.316 e. The number of nitrogens with zero attached hydrogens (tertiary/aromatic N) is 2. The molecule has 0 aromatic carbocycles. The van der Waals surface area contributed by atoms with Gasteiger partial charge in [0.2, 0.25) is 0 Å². The van der Waals surface area contributed by atoms with Gasteiger partial charge in [0.15, 0.2) is 0 Å².